The Bertz CT molecular complexity index is 389. The number of hydrogen-bond acceptors (Lipinski definition) is 5. The Morgan fingerprint density at radius 2 is 2.25 bits per heavy atom. The van der Waals surface area contributed by atoms with E-state index >= 15 is 0 Å². The molecule has 5 nitrogen and oxygen atoms in total. The van der Waals surface area contributed by atoms with Gasteiger partial charge >= 0.3 is 5.97 Å². The molecule has 0 saturated carbocycles. The third-order valence-corrected chi connectivity index (χ3v) is 2.63. The molecule has 1 heterocycles. The van der Waals surface area contributed by atoms with Gasteiger partial charge in [-0.05, 0) is 13.8 Å². The highest BCUT2D eigenvalue weighted by Crippen LogP contribution is 2.09. The molecular weight excluding hydrogens is 228 g/mol. The van der Waals surface area contributed by atoms with Crippen LogP contribution in [0.25, 0.3) is 0 Å². The number of ether oxygens (including phenoxy) is 1. The fraction of sp³-hybridized carbons (Fsp3) is 0.500. The molecule has 0 unspecified atom stereocenters. The van der Waals surface area contributed by atoms with Gasteiger partial charge in [0.1, 0.15) is 12.2 Å². The maximum atomic E-state index is 11.8. The van der Waals surface area contributed by atoms with Crippen LogP contribution in [0.3, 0.4) is 0 Å². The van der Waals surface area contributed by atoms with Gasteiger partial charge in [0.2, 0.25) is 0 Å². The van der Waals surface area contributed by atoms with E-state index in [1.807, 2.05) is 6.92 Å². The molecule has 88 valence electrons. The zero-order valence-electron chi connectivity index (χ0n) is 9.52. The number of amides is 1. The summed E-state index contributed by atoms with van der Waals surface area (Å²) in [5.41, 5.74) is 0.370. The largest absolute Gasteiger partial charge is 0.465 e. The van der Waals surface area contributed by atoms with Gasteiger partial charge in [-0.25, -0.2) is 4.98 Å². The maximum Gasteiger partial charge on any atom is 0.325 e. The summed E-state index contributed by atoms with van der Waals surface area (Å²) < 4.78 is 4.75. The summed E-state index contributed by atoms with van der Waals surface area (Å²) in [6.45, 7) is 3.82. The lowest BCUT2D eigenvalue weighted by molar-refractivity contribution is -0.143. The molecule has 0 atom stereocenters. The van der Waals surface area contributed by atoms with Gasteiger partial charge < -0.3 is 9.64 Å². The van der Waals surface area contributed by atoms with E-state index in [1.54, 1.807) is 19.4 Å². The van der Waals surface area contributed by atoms with Gasteiger partial charge in [-0.2, -0.15) is 0 Å². The number of hydrogen-bond donors (Lipinski definition) is 0. The highest BCUT2D eigenvalue weighted by atomic mass is 32.1. The van der Waals surface area contributed by atoms with E-state index in [0.717, 1.165) is 5.01 Å². The lowest BCUT2D eigenvalue weighted by Crippen LogP contribution is -2.33. The molecule has 0 fully saturated rings. The fourth-order valence-corrected chi connectivity index (χ4v) is 1.72. The number of rotatable bonds is 4. The average Bonchev–Trinajstić information content (AvgIpc) is 2.64. The van der Waals surface area contributed by atoms with E-state index < -0.39 is 5.97 Å². The van der Waals surface area contributed by atoms with Crippen LogP contribution in [0.1, 0.15) is 22.4 Å². The van der Waals surface area contributed by atoms with E-state index in [-0.39, 0.29) is 12.5 Å². The minimum atomic E-state index is -0.412. The summed E-state index contributed by atoms with van der Waals surface area (Å²) in [4.78, 5) is 28.3. The lowest BCUT2D eigenvalue weighted by Gasteiger charge is -2.14. The molecule has 1 rings (SSSR count). The average molecular weight is 242 g/mol. The second kappa shape index (κ2) is 5.60. The van der Waals surface area contributed by atoms with Gasteiger partial charge in [0, 0.05) is 12.4 Å². The van der Waals surface area contributed by atoms with Crippen LogP contribution in [-0.2, 0) is 9.53 Å². The van der Waals surface area contributed by atoms with Crippen LogP contribution in [-0.4, -0.2) is 42.0 Å². The Balaban J connectivity index is 2.57. The molecule has 0 aliphatic carbocycles. The minimum Gasteiger partial charge on any atom is -0.465 e. The second-order valence-electron chi connectivity index (χ2n) is 3.22. The van der Waals surface area contributed by atoms with Crippen LogP contribution >= 0.6 is 11.3 Å². The third-order valence-electron chi connectivity index (χ3n) is 1.86. The van der Waals surface area contributed by atoms with E-state index in [4.69, 9.17) is 4.74 Å². The first-order valence-corrected chi connectivity index (χ1v) is 5.75. The zero-order valence-corrected chi connectivity index (χ0v) is 10.3. The summed E-state index contributed by atoms with van der Waals surface area (Å²) in [6, 6.07) is 0. The van der Waals surface area contributed by atoms with Crippen molar-refractivity contribution in [2.24, 2.45) is 0 Å². The predicted octanol–water partition coefficient (Wildman–Crippen LogP) is 1.09. The van der Waals surface area contributed by atoms with Crippen LogP contribution in [0.5, 0.6) is 0 Å². The number of carbonyl (C=O) groups is 2. The number of likely N-dealkylation sites (N-methyl/N-ethyl adjacent to an activating group) is 1. The van der Waals surface area contributed by atoms with Gasteiger partial charge in [0.25, 0.3) is 5.91 Å². The Morgan fingerprint density at radius 1 is 1.56 bits per heavy atom. The number of aryl methyl sites for hydroxylation is 1. The van der Waals surface area contributed by atoms with Gasteiger partial charge in [0.05, 0.1) is 11.6 Å². The van der Waals surface area contributed by atoms with E-state index in [9.17, 15) is 9.59 Å². The van der Waals surface area contributed by atoms with Crippen molar-refractivity contribution in [1.82, 2.24) is 9.88 Å². The molecule has 0 aliphatic rings. The molecule has 0 aromatic carbocycles. The second-order valence-corrected chi connectivity index (χ2v) is 4.28. The fourth-order valence-electron chi connectivity index (χ4n) is 1.13. The van der Waals surface area contributed by atoms with Crippen molar-refractivity contribution in [2.45, 2.75) is 13.8 Å². The highest BCUT2D eigenvalue weighted by Gasteiger charge is 2.17. The van der Waals surface area contributed by atoms with Gasteiger partial charge in [-0.1, -0.05) is 0 Å². The van der Waals surface area contributed by atoms with E-state index in [0.29, 0.717) is 12.3 Å². The molecule has 0 spiro atoms. The minimum absolute atomic E-state index is 0.0523. The first-order valence-electron chi connectivity index (χ1n) is 4.87. The molecule has 1 aromatic heterocycles. The number of carbonyl (C=O) groups excluding carboxylic acids is 2. The van der Waals surface area contributed by atoms with Crippen LogP contribution < -0.4 is 0 Å². The maximum absolute atomic E-state index is 11.8. The number of esters is 1. The smallest absolute Gasteiger partial charge is 0.325 e. The third kappa shape index (κ3) is 3.30. The summed E-state index contributed by atoms with van der Waals surface area (Å²) in [5.74, 6) is -0.678. The Labute approximate surface area is 98.0 Å². The molecule has 1 aromatic rings. The Morgan fingerprint density at radius 3 is 2.75 bits per heavy atom. The summed E-state index contributed by atoms with van der Waals surface area (Å²) >= 11 is 1.40. The van der Waals surface area contributed by atoms with Crippen molar-refractivity contribution in [3.63, 3.8) is 0 Å². The molecule has 6 heteroatoms. The summed E-state index contributed by atoms with van der Waals surface area (Å²) in [7, 11) is 1.55. The molecule has 0 bridgehead atoms. The first kappa shape index (κ1) is 12.6. The van der Waals surface area contributed by atoms with Crippen LogP contribution in [0.4, 0.5) is 0 Å². The molecule has 16 heavy (non-hydrogen) atoms. The van der Waals surface area contributed by atoms with Gasteiger partial charge in [-0.15, -0.1) is 11.3 Å². The van der Waals surface area contributed by atoms with Crippen LogP contribution in [0, 0.1) is 6.92 Å². The molecule has 1 amide bonds. The van der Waals surface area contributed by atoms with Crippen molar-refractivity contribution in [2.75, 3.05) is 20.2 Å². The van der Waals surface area contributed by atoms with Crippen molar-refractivity contribution in [3.8, 4) is 0 Å². The van der Waals surface area contributed by atoms with Gasteiger partial charge in [0.15, 0.2) is 0 Å². The highest BCUT2D eigenvalue weighted by molar-refractivity contribution is 7.09. The van der Waals surface area contributed by atoms with Crippen LogP contribution in [0.15, 0.2) is 5.38 Å². The van der Waals surface area contributed by atoms with E-state index in [2.05, 4.69) is 4.98 Å². The molecular formula is C10H14N2O3S. The standard InChI is InChI=1S/C10H14N2O3S/c1-4-15-9(13)5-12(3)10(14)8-6-16-7(2)11-8/h6H,4-5H2,1-3H3. The Kier molecular flexibility index (Phi) is 4.42. The number of aromatic nitrogens is 1. The zero-order chi connectivity index (χ0) is 12.1. The quantitative estimate of drug-likeness (QED) is 0.741. The normalized spacial score (nSPS) is 9.94. The van der Waals surface area contributed by atoms with Crippen molar-refractivity contribution in [1.29, 1.82) is 0 Å². The molecule has 0 N–H and O–H groups in total. The number of thiazole rings is 1. The summed E-state index contributed by atoms with van der Waals surface area (Å²) in [6.07, 6.45) is 0. The van der Waals surface area contributed by atoms with Crippen molar-refractivity contribution >= 4 is 23.2 Å². The van der Waals surface area contributed by atoms with E-state index in [1.165, 1.54) is 16.2 Å². The van der Waals surface area contributed by atoms with Crippen molar-refractivity contribution in [3.05, 3.63) is 16.1 Å². The topological polar surface area (TPSA) is 59.5 Å². The molecule has 0 saturated heterocycles. The summed E-state index contributed by atoms with van der Waals surface area (Å²) in [5, 5.41) is 2.51. The lowest BCUT2D eigenvalue weighted by atomic mass is 10.4. The molecule has 0 radical (unpaired) electrons. The molecule has 0 aliphatic heterocycles. The Hall–Kier alpha value is -1.43. The van der Waals surface area contributed by atoms with Crippen LogP contribution in [0.2, 0.25) is 0 Å². The first-order chi connectivity index (χ1) is 7.54. The predicted molar refractivity (Wildman–Crippen MR) is 60.4 cm³/mol. The SMILES string of the molecule is CCOC(=O)CN(C)C(=O)c1csc(C)n1. The van der Waals surface area contributed by atoms with Gasteiger partial charge in [-0.3, -0.25) is 9.59 Å². The number of nitrogens with zero attached hydrogens (tertiary/aromatic N) is 2. The van der Waals surface area contributed by atoms with Crippen molar-refractivity contribution < 1.29 is 14.3 Å². The monoisotopic (exact) mass is 242 g/mol.